The first-order chi connectivity index (χ1) is 18.4. The number of nitrogens with one attached hydrogen (secondary N) is 1. The molecule has 3 aromatic rings. The third-order valence-electron chi connectivity index (χ3n) is 6.21. The summed E-state index contributed by atoms with van der Waals surface area (Å²) in [5, 5.41) is 3.17. The molecule has 208 valence electrons. The molecule has 0 unspecified atom stereocenters. The normalized spacial score (nSPS) is 12.9. The lowest BCUT2D eigenvalue weighted by molar-refractivity contribution is -0.139. The average Bonchev–Trinajstić information content (AvgIpc) is 2.90. The number of nitrogens with zero attached hydrogens (tertiary/aromatic N) is 2. The molecule has 0 aliphatic rings. The molecule has 2 amide bonds. The Bertz CT molecular complexity index is 1400. The van der Waals surface area contributed by atoms with Crippen molar-refractivity contribution in [3.05, 3.63) is 94.2 Å². The Morgan fingerprint density at radius 1 is 0.949 bits per heavy atom. The van der Waals surface area contributed by atoms with Gasteiger partial charge in [-0.2, -0.15) is 0 Å². The number of halogens is 3. The molecule has 39 heavy (non-hydrogen) atoms. The highest BCUT2D eigenvalue weighted by Gasteiger charge is 2.33. The molecule has 11 heteroatoms. The molecule has 0 fully saturated rings. The van der Waals surface area contributed by atoms with Crippen LogP contribution in [0, 0.1) is 5.82 Å². The fourth-order valence-corrected chi connectivity index (χ4v) is 5.72. The highest BCUT2D eigenvalue weighted by atomic mass is 35.5. The van der Waals surface area contributed by atoms with Gasteiger partial charge in [0.25, 0.3) is 10.0 Å². The lowest BCUT2D eigenvalue weighted by Gasteiger charge is -2.32. The van der Waals surface area contributed by atoms with Crippen molar-refractivity contribution >= 4 is 50.7 Å². The van der Waals surface area contributed by atoms with E-state index in [1.54, 1.807) is 24.3 Å². The van der Waals surface area contributed by atoms with Gasteiger partial charge in [-0.05, 0) is 56.7 Å². The third-order valence-corrected chi connectivity index (χ3v) is 8.44. The molecule has 0 bridgehead atoms. The summed E-state index contributed by atoms with van der Waals surface area (Å²) in [5.41, 5.74) is 0.240. The Balaban J connectivity index is 2.06. The topological polar surface area (TPSA) is 86.8 Å². The maximum Gasteiger partial charge on any atom is 0.264 e. The predicted octanol–water partition coefficient (Wildman–Crippen LogP) is 5.66. The highest BCUT2D eigenvalue weighted by Crippen LogP contribution is 2.30. The zero-order valence-corrected chi connectivity index (χ0v) is 24.1. The first-order valence-electron chi connectivity index (χ1n) is 12.3. The summed E-state index contributed by atoms with van der Waals surface area (Å²) in [6, 6.07) is 16.5. The highest BCUT2D eigenvalue weighted by molar-refractivity contribution is 7.92. The van der Waals surface area contributed by atoms with Gasteiger partial charge in [-0.15, -0.1) is 0 Å². The monoisotopic (exact) mass is 593 g/mol. The van der Waals surface area contributed by atoms with Gasteiger partial charge in [-0.25, -0.2) is 12.8 Å². The second-order valence-electron chi connectivity index (χ2n) is 9.06. The van der Waals surface area contributed by atoms with E-state index in [1.807, 2.05) is 13.8 Å². The minimum atomic E-state index is -4.27. The van der Waals surface area contributed by atoms with Crippen LogP contribution in [0.4, 0.5) is 10.1 Å². The van der Waals surface area contributed by atoms with Crippen molar-refractivity contribution in [2.24, 2.45) is 0 Å². The second-order valence-corrected chi connectivity index (χ2v) is 11.8. The Hall–Kier alpha value is -3.14. The fraction of sp³-hybridized carbons (Fsp3) is 0.286. The molecule has 2 atom stereocenters. The molecule has 0 saturated carbocycles. The smallest absolute Gasteiger partial charge is 0.264 e. The molecular weight excluding hydrogens is 564 g/mol. The standard InChI is InChI=1S/C28H30Cl2FN3O4S/c1-4-19(2)32-28(36)20(3)33(17-21-10-8-9-13-26(21)31)27(35)18-34(24-15-22(29)14-23(30)16-24)39(37,38)25-11-6-5-7-12-25/h5-16,19-20H,4,17-18H2,1-3H3,(H,32,36)/t19-,20+/m1/s1. The third kappa shape index (κ3) is 7.71. The van der Waals surface area contributed by atoms with E-state index in [0.717, 1.165) is 9.21 Å². The van der Waals surface area contributed by atoms with Crippen molar-refractivity contribution in [2.45, 2.75) is 50.7 Å². The maximum atomic E-state index is 14.6. The van der Waals surface area contributed by atoms with Crippen LogP contribution in [0.2, 0.25) is 10.0 Å². The molecule has 3 rings (SSSR count). The van der Waals surface area contributed by atoms with Gasteiger partial charge in [0, 0.05) is 28.2 Å². The van der Waals surface area contributed by atoms with Gasteiger partial charge in [0.1, 0.15) is 18.4 Å². The summed E-state index contributed by atoms with van der Waals surface area (Å²) in [4.78, 5) is 28.0. The van der Waals surface area contributed by atoms with Crippen LogP contribution in [0.1, 0.15) is 32.8 Å². The summed E-state index contributed by atoms with van der Waals surface area (Å²) in [7, 11) is -4.27. The van der Waals surface area contributed by atoms with E-state index in [4.69, 9.17) is 23.2 Å². The summed E-state index contributed by atoms with van der Waals surface area (Å²) in [5.74, 6) is -1.72. The van der Waals surface area contributed by atoms with Gasteiger partial charge in [0.15, 0.2) is 0 Å². The van der Waals surface area contributed by atoms with Gasteiger partial charge in [-0.3, -0.25) is 13.9 Å². The van der Waals surface area contributed by atoms with E-state index < -0.39 is 40.2 Å². The van der Waals surface area contributed by atoms with Crippen LogP contribution in [-0.4, -0.2) is 43.8 Å². The Morgan fingerprint density at radius 3 is 2.13 bits per heavy atom. The second kappa shape index (κ2) is 13.3. The van der Waals surface area contributed by atoms with Gasteiger partial charge in [0.05, 0.1) is 10.6 Å². The Morgan fingerprint density at radius 2 is 1.54 bits per heavy atom. The van der Waals surface area contributed by atoms with Crippen LogP contribution in [0.5, 0.6) is 0 Å². The molecule has 0 spiro atoms. The number of rotatable bonds is 11. The van der Waals surface area contributed by atoms with E-state index >= 15 is 0 Å². The van der Waals surface area contributed by atoms with Crippen LogP contribution in [0.25, 0.3) is 0 Å². The maximum absolute atomic E-state index is 14.6. The molecule has 0 aliphatic carbocycles. The number of anilines is 1. The minimum Gasteiger partial charge on any atom is -0.352 e. The predicted molar refractivity (Wildman–Crippen MR) is 152 cm³/mol. The van der Waals surface area contributed by atoms with Gasteiger partial charge >= 0.3 is 0 Å². The van der Waals surface area contributed by atoms with Crippen molar-refractivity contribution in [2.75, 3.05) is 10.8 Å². The fourth-order valence-electron chi connectivity index (χ4n) is 3.79. The quantitative estimate of drug-likeness (QED) is 0.311. The molecule has 0 radical (unpaired) electrons. The van der Waals surface area contributed by atoms with Crippen LogP contribution < -0.4 is 9.62 Å². The van der Waals surface area contributed by atoms with E-state index in [-0.39, 0.29) is 38.8 Å². The van der Waals surface area contributed by atoms with E-state index in [9.17, 15) is 22.4 Å². The van der Waals surface area contributed by atoms with Crippen LogP contribution >= 0.6 is 23.2 Å². The SMILES string of the molecule is CC[C@@H](C)NC(=O)[C@H](C)N(Cc1ccccc1F)C(=O)CN(c1cc(Cl)cc(Cl)c1)S(=O)(=O)c1ccccc1. The average molecular weight is 595 g/mol. The number of benzene rings is 3. The summed E-state index contributed by atoms with van der Waals surface area (Å²) in [6.45, 7) is 4.30. The van der Waals surface area contributed by atoms with E-state index in [1.165, 1.54) is 55.5 Å². The molecule has 3 aromatic carbocycles. The van der Waals surface area contributed by atoms with Gasteiger partial charge in [-0.1, -0.05) is 66.5 Å². The zero-order chi connectivity index (χ0) is 28.7. The van der Waals surface area contributed by atoms with E-state index in [0.29, 0.717) is 6.42 Å². The number of carbonyl (C=O) groups is 2. The molecular formula is C28H30Cl2FN3O4S. The molecule has 0 heterocycles. The van der Waals surface area contributed by atoms with Gasteiger partial charge in [0.2, 0.25) is 11.8 Å². The van der Waals surface area contributed by atoms with Crippen molar-refractivity contribution in [3.8, 4) is 0 Å². The molecule has 1 N–H and O–H groups in total. The number of hydrogen-bond donors (Lipinski definition) is 1. The van der Waals surface area contributed by atoms with Crippen molar-refractivity contribution < 1.29 is 22.4 Å². The number of sulfonamides is 1. The first-order valence-corrected chi connectivity index (χ1v) is 14.5. The lowest BCUT2D eigenvalue weighted by Crippen LogP contribution is -2.52. The number of amides is 2. The Kier molecular flexibility index (Phi) is 10.4. The lowest BCUT2D eigenvalue weighted by atomic mass is 10.1. The number of carbonyl (C=O) groups excluding carboxylic acids is 2. The molecule has 0 aromatic heterocycles. The van der Waals surface area contributed by atoms with Gasteiger partial charge < -0.3 is 10.2 Å². The largest absolute Gasteiger partial charge is 0.352 e. The Labute approximate surface area is 238 Å². The molecule has 0 aliphatic heterocycles. The van der Waals surface area contributed by atoms with Crippen LogP contribution in [0.3, 0.4) is 0 Å². The number of hydrogen-bond acceptors (Lipinski definition) is 4. The molecule has 0 saturated heterocycles. The van der Waals surface area contributed by atoms with Crippen molar-refractivity contribution in [1.29, 1.82) is 0 Å². The van der Waals surface area contributed by atoms with E-state index in [2.05, 4.69) is 5.32 Å². The van der Waals surface area contributed by atoms with Crippen LogP contribution in [0.15, 0.2) is 77.7 Å². The van der Waals surface area contributed by atoms with Crippen molar-refractivity contribution in [3.63, 3.8) is 0 Å². The van der Waals surface area contributed by atoms with Crippen LogP contribution in [-0.2, 0) is 26.2 Å². The first kappa shape index (κ1) is 30.4. The summed E-state index contributed by atoms with van der Waals surface area (Å²) >= 11 is 12.3. The molecule has 7 nitrogen and oxygen atoms in total. The summed E-state index contributed by atoms with van der Waals surface area (Å²) < 4.78 is 43.0. The minimum absolute atomic E-state index is 0.0582. The zero-order valence-electron chi connectivity index (χ0n) is 21.8. The van der Waals surface area contributed by atoms with Crippen molar-refractivity contribution in [1.82, 2.24) is 10.2 Å². The summed E-state index contributed by atoms with van der Waals surface area (Å²) in [6.07, 6.45) is 0.665.